The molecule has 1 aromatic rings. The van der Waals surface area contributed by atoms with Gasteiger partial charge in [0.2, 0.25) is 5.91 Å². The van der Waals surface area contributed by atoms with Crippen molar-refractivity contribution in [1.29, 1.82) is 0 Å². The maximum atomic E-state index is 13.4. The van der Waals surface area contributed by atoms with Gasteiger partial charge < -0.3 is 20.6 Å². The number of carbonyl (C=O) groups excluding carboxylic acids is 1. The first-order chi connectivity index (χ1) is 8.43. The van der Waals surface area contributed by atoms with Gasteiger partial charge in [-0.15, -0.1) is 0 Å². The lowest BCUT2D eigenvalue weighted by molar-refractivity contribution is -0.119. The van der Waals surface area contributed by atoms with Crippen LogP contribution in [0, 0.1) is 5.82 Å². The fraction of sp³-hybridized carbons (Fsp3) is 0.417. The third kappa shape index (κ3) is 3.68. The van der Waals surface area contributed by atoms with Crippen LogP contribution in [0.15, 0.2) is 18.2 Å². The maximum Gasteiger partial charge on any atom is 0.216 e. The zero-order valence-electron chi connectivity index (χ0n) is 9.93. The van der Waals surface area contributed by atoms with E-state index in [0.29, 0.717) is 0 Å². The maximum absolute atomic E-state index is 13.4. The van der Waals surface area contributed by atoms with Crippen molar-refractivity contribution in [2.75, 3.05) is 6.54 Å². The van der Waals surface area contributed by atoms with Gasteiger partial charge in [-0.05, 0) is 18.6 Å². The van der Waals surface area contributed by atoms with Gasteiger partial charge >= 0.3 is 0 Å². The third-order valence-electron chi connectivity index (χ3n) is 2.50. The van der Waals surface area contributed by atoms with Crippen LogP contribution in [0.1, 0.15) is 25.0 Å². The van der Waals surface area contributed by atoms with E-state index in [0.717, 1.165) is 6.07 Å². The largest absolute Gasteiger partial charge is 0.507 e. The number of carbonyl (C=O) groups is 1. The molecule has 0 aliphatic heterocycles. The highest BCUT2D eigenvalue weighted by atomic mass is 19.1. The predicted octanol–water partition coefficient (Wildman–Crippen LogP) is 0.452. The fourth-order valence-corrected chi connectivity index (χ4v) is 1.56. The van der Waals surface area contributed by atoms with Gasteiger partial charge in [0.15, 0.2) is 0 Å². The molecule has 2 unspecified atom stereocenters. The van der Waals surface area contributed by atoms with E-state index in [-0.39, 0.29) is 24.4 Å². The zero-order valence-corrected chi connectivity index (χ0v) is 9.93. The average Bonchev–Trinajstić information content (AvgIpc) is 2.27. The number of aliphatic hydroxyl groups excluding tert-OH is 2. The molecule has 1 rings (SSSR count). The van der Waals surface area contributed by atoms with E-state index in [1.807, 2.05) is 0 Å². The second-order valence-electron chi connectivity index (χ2n) is 3.96. The van der Waals surface area contributed by atoms with Gasteiger partial charge in [-0.3, -0.25) is 4.79 Å². The first-order valence-electron chi connectivity index (χ1n) is 5.51. The number of rotatable bonds is 5. The molecule has 1 aromatic carbocycles. The number of nitrogens with one attached hydrogen (secondary N) is 1. The Kier molecular flexibility index (Phi) is 5.06. The minimum Gasteiger partial charge on any atom is -0.507 e. The number of aromatic hydroxyl groups is 1. The molecule has 0 saturated heterocycles. The lowest BCUT2D eigenvalue weighted by Crippen LogP contribution is -2.28. The highest BCUT2D eigenvalue weighted by molar-refractivity contribution is 5.72. The molecule has 0 aliphatic rings. The van der Waals surface area contributed by atoms with Crippen molar-refractivity contribution in [1.82, 2.24) is 5.32 Å². The Labute approximate surface area is 104 Å². The van der Waals surface area contributed by atoms with Gasteiger partial charge in [0, 0.05) is 13.5 Å². The van der Waals surface area contributed by atoms with Gasteiger partial charge in [0.25, 0.3) is 0 Å². The Morgan fingerprint density at radius 3 is 2.67 bits per heavy atom. The first-order valence-corrected chi connectivity index (χ1v) is 5.51. The second-order valence-corrected chi connectivity index (χ2v) is 3.96. The highest BCUT2D eigenvalue weighted by Gasteiger charge is 2.24. The van der Waals surface area contributed by atoms with Gasteiger partial charge in [-0.1, -0.05) is 6.07 Å². The molecule has 0 bridgehead atoms. The summed E-state index contributed by atoms with van der Waals surface area (Å²) < 4.78 is 13.4. The quantitative estimate of drug-likeness (QED) is 0.616. The minimum atomic E-state index is -1.54. The normalized spacial score (nSPS) is 14.0. The van der Waals surface area contributed by atoms with Gasteiger partial charge in [-0.25, -0.2) is 4.39 Å². The van der Waals surface area contributed by atoms with E-state index in [9.17, 15) is 24.5 Å². The van der Waals surface area contributed by atoms with Crippen molar-refractivity contribution in [3.05, 3.63) is 29.6 Å². The molecule has 100 valence electrons. The Hall–Kier alpha value is -1.66. The molecule has 0 saturated carbocycles. The number of hydrogen-bond acceptors (Lipinski definition) is 4. The number of phenolic OH excluding ortho intramolecular Hbond substituents is 1. The van der Waals surface area contributed by atoms with Crippen molar-refractivity contribution in [3.63, 3.8) is 0 Å². The van der Waals surface area contributed by atoms with E-state index < -0.39 is 23.8 Å². The van der Waals surface area contributed by atoms with Gasteiger partial charge in [-0.2, -0.15) is 0 Å². The number of hydrogen-bond donors (Lipinski definition) is 4. The van der Waals surface area contributed by atoms with Crippen LogP contribution in [-0.4, -0.2) is 33.9 Å². The monoisotopic (exact) mass is 257 g/mol. The van der Waals surface area contributed by atoms with Crippen LogP contribution in [0.3, 0.4) is 0 Å². The summed E-state index contributed by atoms with van der Waals surface area (Å²) in [6, 6.07) is 3.60. The van der Waals surface area contributed by atoms with Crippen LogP contribution in [0.5, 0.6) is 5.75 Å². The molecule has 5 nitrogen and oxygen atoms in total. The van der Waals surface area contributed by atoms with E-state index >= 15 is 0 Å². The lowest BCUT2D eigenvalue weighted by Gasteiger charge is -2.19. The summed E-state index contributed by atoms with van der Waals surface area (Å²) in [6.45, 7) is 1.48. The Bertz CT molecular complexity index is 404. The molecule has 0 fully saturated rings. The van der Waals surface area contributed by atoms with E-state index in [1.54, 1.807) is 0 Å². The summed E-state index contributed by atoms with van der Waals surface area (Å²) in [5.41, 5.74) is -0.340. The Morgan fingerprint density at radius 1 is 1.44 bits per heavy atom. The van der Waals surface area contributed by atoms with Crippen LogP contribution >= 0.6 is 0 Å². The number of aliphatic hydroxyl groups is 2. The number of amides is 1. The van der Waals surface area contributed by atoms with Crippen molar-refractivity contribution < 1.29 is 24.5 Å². The average molecular weight is 257 g/mol. The topological polar surface area (TPSA) is 89.8 Å². The summed E-state index contributed by atoms with van der Waals surface area (Å²) in [6.07, 6.45) is -2.77. The molecule has 0 aliphatic carbocycles. The van der Waals surface area contributed by atoms with Crippen LogP contribution in [0.4, 0.5) is 4.39 Å². The highest BCUT2D eigenvalue weighted by Crippen LogP contribution is 2.29. The summed E-state index contributed by atoms with van der Waals surface area (Å²) in [7, 11) is 0. The zero-order chi connectivity index (χ0) is 13.7. The van der Waals surface area contributed by atoms with Gasteiger partial charge in [0.05, 0.1) is 11.7 Å². The fourth-order valence-electron chi connectivity index (χ4n) is 1.56. The smallest absolute Gasteiger partial charge is 0.216 e. The van der Waals surface area contributed by atoms with Crippen molar-refractivity contribution in [2.45, 2.75) is 25.6 Å². The minimum absolute atomic E-state index is 0.0501. The standard InChI is InChI=1S/C12H16FNO4/c1-7(15)14-6-5-10(17)12(18)11-8(13)3-2-4-9(11)16/h2-4,10,12,16-18H,5-6H2,1H3,(H,14,15). The van der Waals surface area contributed by atoms with Crippen molar-refractivity contribution in [3.8, 4) is 5.75 Å². The second kappa shape index (κ2) is 6.32. The Balaban J connectivity index is 2.68. The molecule has 0 spiro atoms. The third-order valence-corrected chi connectivity index (χ3v) is 2.50. The molecule has 0 heterocycles. The summed E-state index contributed by atoms with van der Waals surface area (Å²) in [5.74, 6) is -1.47. The first kappa shape index (κ1) is 14.4. The molecule has 0 aromatic heterocycles. The Morgan fingerprint density at radius 2 is 2.11 bits per heavy atom. The van der Waals surface area contributed by atoms with E-state index in [1.165, 1.54) is 19.1 Å². The molecule has 4 N–H and O–H groups in total. The molecule has 2 atom stereocenters. The predicted molar refractivity (Wildman–Crippen MR) is 62.3 cm³/mol. The van der Waals surface area contributed by atoms with Crippen LogP contribution in [0.25, 0.3) is 0 Å². The van der Waals surface area contributed by atoms with E-state index in [2.05, 4.69) is 5.32 Å². The van der Waals surface area contributed by atoms with Crippen LogP contribution in [-0.2, 0) is 4.79 Å². The summed E-state index contributed by atoms with van der Waals surface area (Å²) in [4.78, 5) is 10.6. The van der Waals surface area contributed by atoms with Crippen LogP contribution < -0.4 is 5.32 Å². The molecule has 0 radical (unpaired) electrons. The molecule has 18 heavy (non-hydrogen) atoms. The van der Waals surface area contributed by atoms with Gasteiger partial charge in [0.1, 0.15) is 17.7 Å². The van der Waals surface area contributed by atoms with Crippen LogP contribution in [0.2, 0.25) is 0 Å². The summed E-state index contributed by atoms with van der Waals surface area (Å²) in [5, 5.41) is 31.3. The number of phenols is 1. The number of benzene rings is 1. The number of halogens is 1. The molecular weight excluding hydrogens is 241 g/mol. The molecule has 6 heteroatoms. The summed E-state index contributed by atoms with van der Waals surface area (Å²) >= 11 is 0. The SMILES string of the molecule is CC(=O)NCCC(O)C(O)c1c(O)cccc1F. The van der Waals surface area contributed by atoms with E-state index in [4.69, 9.17) is 0 Å². The van der Waals surface area contributed by atoms with Crippen molar-refractivity contribution >= 4 is 5.91 Å². The lowest BCUT2D eigenvalue weighted by atomic mass is 10.0. The molecular formula is C12H16FNO4. The molecule has 1 amide bonds. The van der Waals surface area contributed by atoms with Crippen molar-refractivity contribution in [2.24, 2.45) is 0 Å².